The van der Waals surface area contributed by atoms with E-state index in [1.54, 1.807) is 5.56 Å². The lowest BCUT2D eigenvalue weighted by Crippen LogP contribution is -2.44. The summed E-state index contributed by atoms with van der Waals surface area (Å²) in [4.78, 5) is 21.9. The summed E-state index contributed by atoms with van der Waals surface area (Å²) < 4.78 is 5.81. The predicted octanol–water partition coefficient (Wildman–Crippen LogP) is 9.44. The monoisotopic (exact) mass is 604 g/mol. The Kier molecular flexibility index (Phi) is 8.65. The Morgan fingerprint density at radius 2 is 1.82 bits per heavy atom. The van der Waals surface area contributed by atoms with E-state index < -0.39 is 6.29 Å². The normalized spacial score (nSPS) is 17.2. The second kappa shape index (κ2) is 13.1. The Morgan fingerprint density at radius 3 is 2.70 bits per heavy atom. The molecule has 1 N–H and O–H groups in total. The molecule has 3 aromatic carbocycles. The van der Waals surface area contributed by atoms with E-state index >= 15 is 0 Å². The van der Waals surface area contributed by atoms with Gasteiger partial charge in [0.05, 0.1) is 5.69 Å². The largest absolute Gasteiger partial charge is 0.350 e. The van der Waals surface area contributed by atoms with Crippen molar-refractivity contribution in [3.8, 4) is 21.6 Å². The van der Waals surface area contributed by atoms with Crippen LogP contribution in [-0.4, -0.2) is 25.5 Å². The van der Waals surface area contributed by atoms with Gasteiger partial charge in [-0.15, -0.1) is 11.3 Å². The number of hydroxylamine groups is 1. The number of anilines is 1. The summed E-state index contributed by atoms with van der Waals surface area (Å²) >= 11 is 1.82. The first kappa shape index (κ1) is 29.0. The van der Waals surface area contributed by atoms with Gasteiger partial charge in [-0.1, -0.05) is 68.0 Å². The van der Waals surface area contributed by atoms with Crippen LogP contribution in [-0.2, 0) is 28.8 Å². The van der Waals surface area contributed by atoms with Gasteiger partial charge in [-0.25, -0.2) is 9.63 Å². The van der Waals surface area contributed by atoms with Gasteiger partial charge >= 0.3 is 6.03 Å². The lowest BCUT2D eigenvalue weighted by atomic mass is 9.78. The van der Waals surface area contributed by atoms with E-state index in [2.05, 4.69) is 72.9 Å². The predicted molar refractivity (Wildman–Crippen MR) is 181 cm³/mol. The Balaban J connectivity index is 1.13. The molecule has 2 amide bonds. The SMILES string of the molecule is CCCCNC(=O)N(OC1CCCCO1)c1cccc(-c2ccc(C3=Cc4ccc5c(c4CC3)CCc3ccccc3-5)s2)c1. The summed E-state index contributed by atoms with van der Waals surface area (Å²) in [6.07, 6.45) is 11.1. The summed E-state index contributed by atoms with van der Waals surface area (Å²) in [5.41, 5.74) is 11.9. The van der Waals surface area contributed by atoms with Crippen molar-refractivity contribution in [3.63, 3.8) is 0 Å². The number of benzene rings is 3. The van der Waals surface area contributed by atoms with Gasteiger partial charge in [0.15, 0.2) is 6.29 Å². The first-order chi connectivity index (χ1) is 21.7. The molecule has 7 rings (SSSR count). The third-order valence-corrected chi connectivity index (χ3v) is 10.2. The lowest BCUT2D eigenvalue weighted by molar-refractivity contribution is -0.163. The molecule has 2 heterocycles. The molecule has 226 valence electrons. The van der Waals surface area contributed by atoms with Gasteiger partial charge in [-0.2, -0.15) is 5.06 Å². The van der Waals surface area contributed by atoms with E-state index in [4.69, 9.17) is 9.57 Å². The maximum Gasteiger partial charge on any atom is 0.346 e. The van der Waals surface area contributed by atoms with E-state index in [9.17, 15) is 4.79 Å². The van der Waals surface area contributed by atoms with Gasteiger partial charge in [0.1, 0.15) is 0 Å². The van der Waals surface area contributed by atoms with Gasteiger partial charge in [-0.05, 0) is 114 Å². The molecule has 2 aliphatic carbocycles. The number of nitrogens with one attached hydrogen (secondary N) is 1. The van der Waals surface area contributed by atoms with Crippen molar-refractivity contribution in [2.75, 3.05) is 18.2 Å². The second-order valence-electron chi connectivity index (χ2n) is 12.0. The molecule has 1 aliphatic heterocycles. The van der Waals surface area contributed by atoms with E-state index in [0.29, 0.717) is 18.8 Å². The Bertz CT molecular complexity index is 1680. The number of amides is 2. The van der Waals surface area contributed by atoms with E-state index in [-0.39, 0.29) is 6.03 Å². The minimum atomic E-state index is -0.417. The molecule has 1 unspecified atom stereocenters. The number of urea groups is 1. The highest BCUT2D eigenvalue weighted by Gasteiger charge is 2.25. The van der Waals surface area contributed by atoms with Gasteiger partial charge in [0.2, 0.25) is 0 Å². The molecule has 1 atom stereocenters. The van der Waals surface area contributed by atoms with Crippen LogP contribution < -0.4 is 10.4 Å². The summed E-state index contributed by atoms with van der Waals surface area (Å²) in [7, 11) is 0. The summed E-state index contributed by atoms with van der Waals surface area (Å²) in [5, 5.41) is 4.40. The molecular formula is C38H40N2O3S. The first-order valence-corrected chi connectivity index (χ1v) is 17.0. The minimum absolute atomic E-state index is 0.256. The van der Waals surface area contributed by atoms with E-state index in [1.807, 2.05) is 29.5 Å². The fourth-order valence-corrected chi connectivity index (χ4v) is 7.73. The molecular weight excluding hydrogens is 564 g/mol. The molecule has 44 heavy (non-hydrogen) atoms. The summed E-state index contributed by atoms with van der Waals surface area (Å²) in [5.74, 6) is 0. The van der Waals surface area contributed by atoms with E-state index in [1.165, 1.54) is 48.2 Å². The maximum absolute atomic E-state index is 13.2. The lowest BCUT2D eigenvalue weighted by Gasteiger charge is -2.29. The molecule has 1 aromatic heterocycles. The van der Waals surface area contributed by atoms with Crippen LogP contribution in [0.3, 0.4) is 0 Å². The Labute approximate surface area is 264 Å². The number of unbranched alkanes of at least 4 members (excludes halogenated alkanes) is 1. The summed E-state index contributed by atoms with van der Waals surface area (Å²) in [6.45, 7) is 3.39. The van der Waals surface area contributed by atoms with Crippen molar-refractivity contribution in [1.29, 1.82) is 0 Å². The van der Waals surface area contributed by atoms with Gasteiger partial charge in [0, 0.05) is 29.3 Å². The topological polar surface area (TPSA) is 50.8 Å². The average Bonchev–Trinajstić information content (AvgIpc) is 3.58. The molecule has 6 heteroatoms. The van der Waals surface area contributed by atoms with Crippen LogP contribution in [0, 0.1) is 0 Å². The van der Waals surface area contributed by atoms with Crippen molar-refractivity contribution < 1.29 is 14.4 Å². The highest BCUT2D eigenvalue weighted by Crippen LogP contribution is 2.42. The molecule has 0 saturated carbocycles. The third-order valence-electron chi connectivity index (χ3n) is 9.03. The summed E-state index contributed by atoms with van der Waals surface area (Å²) in [6, 6.07) is 25.8. The zero-order valence-corrected chi connectivity index (χ0v) is 26.3. The van der Waals surface area contributed by atoms with Crippen molar-refractivity contribution in [1.82, 2.24) is 5.32 Å². The average molecular weight is 605 g/mol. The van der Waals surface area contributed by atoms with Gasteiger partial charge < -0.3 is 10.1 Å². The van der Waals surface area contributed by atoms with Gasteiger partial charge in [-0.3, -0.25) is 0 Å². The highest BCUT2D eigenvalue weighted by molar-refractivity contribution is 7.16. The number of aryl methyl sites for hydroxylation is 1. The molecule has 5 nitrogen and oxygen atoms in total. The number of carbonyl (C=O) groups excluding carboxylic acids is 1. The van der Waals surface area contributed by atoms with Crippen molar-refractivity contribution in [2.45, 2.75) is 71.0 Å². The minimum Gasteiger partial charge on any atom is -0.350 e. The van der Waals surface area contributed by atoms with Crippen LogP contribution in [0.2, 0.25) is 0 Å². The second-order valence-corrected chi connectivity index (χ2v) is 13.1. The van der Waals surface area contributed by atoms with Gasteiger partial charge in [0.25, 0.3) is 0 Å². The molecule has 0 bridgehead atoms. The van der Waals surface area contributed by atoms with Crippen molar-refractivity contribution >= 4 is 34.7 Å². The van der Waals surface area contributed by atoms with Crippen LogP contribution >= 0.6 is 11.3 Å². The zero-order valence-electron chi connectivity index (χ0n) is 25.4. The molecule has 4 aromatic rings. The third kappa shape index (κ3) is 5.99. The number of rotatable bonds is 8. The standard InChI is InChI=1S/C38H40N2O3S/c1-2-3-22-39-38(41)40(43-37-13-6-7-23-42-37)30-11-8-10-28(25-30)35-20-21-36(44-35)29-16-17-32-27(24-29)15-19-33-31-12-5-4-9-26(31)14-18-34(32)33/h4-5,8-12,15,19-21,24-25,37H,2-3,6-7,13-14,16-18,22-23H2,1H3,(H,39,41). The van der Waals surface area contributed by atoms with Crippen LogP contribution in [0.1, 0.15) is 72.6 Å². The Hall–Kier alpha value is -3.71. The smallest absolute Gasteiger partial charge is 0.346 e. The molecule has 1 saturated heterocycles. The number of nitrogens with zero attached hydrogens (tertiary/aromatic N) is 1. The quantitative estimate of drug-likeness (QED) is 0.161. The van der Waals surface area contributed by atoms with Crippen LogP contribution in [0.4, 0.5) is 10.5 Å². The van der Waals surface area contributed by atoms with E-state index in [0.717, 1.165) is 63.4 Å². The number of ether oxygens (including phenoxy) is 1. The molecule has 1 fully saturated rings. The maximum atomic E-state index is 13.2. The molecule has 0 spiro atoms. The van der Waals surface area contributed by atoms with Crippen molar-refractivity contribution in [3.05, 3.63) is 99.9 Å². The Morgan fingerprint density at radius 1 is 0.932 bits per heavy atom. The molecule has 0 radical (unpaired) electrons. The highest BCUT2D eigenvalue weighted by atomic mass is 32.1. The fraction of sp³-hybridized carbons (Fsp3) is 0.342. The number of hydrogen-bond donors (Lipinski definition) is 1. The number of allylic oxidation sites excluding steroid dienone is 1. The number of carbonyl (C=O) groups is 1. The first-order valence-electron chi connectivity index (χ1n) is 16.2. The zero-order chi connectivity index (χ0) is 29.9. The fourth-order valence-electron chi connectivity index (χ4n) is 6.69. The van der Waals surface area contributed by atoms with Crippen LogP contribution in [0.5, 0.6) is 0 Å². The van der Waals surface area contributed by atoms with Crippen molar-refractivity contribution in [2.24, 2.45) is 0 Å². The number of fused-ring (bicyclic) bond motifs is 5. The van der Waals surface area contributed by atoms with Crippen LogP contribution in [0.25, 0.3) is 33.2 Å². The number of thiophene rings is 1. The van der Waals surface area contributed by atoms with Crippen LogP contribution in [0.15, 0.2) is 72.8 Å². The molecule has 3 aliphatic rings. The number of hydrogen-bond acceptors (Lipinski definition) is 4.